The van der Waals surface area contributed by atoms with Crippen molar-refractivity contribution in [2.75, 3.05) is 7.11 Å². The Bertz CT molecular complexity index is 636. The van der Waals surface area contributed by atoms with Crippen molar-refractivity contribution in [1.82, 2.24) is 0 Å². The number of aromatic hydroxyl groups is 1. The second-order valence-electron chi connectivity index (χ2n) is 7.60. The molecule has 0 aliphatic carbocycles. The van der Waals surface area contributed by atoms with Crippen LogP contribution in [0.15, 0.2) is 35.4 Å². The van der Waals surface area contributed by atoms with Crippen LogP contribution < -0.4 is 9.47 Å². The zero-order valence-electron chi connectivity index (χ0n) is 16.3. The number of hydrogen-bond acceptors (Lipinski definition) is 3. The van der Waals surface area contributed by atoms with Gasteiger partial charge in [-0.3, -0.25) is 0 Å². The molecule has 1 N–H and O–H groups in total. The van der Waals surface area contributed by atoms with Gasteiger partial charge in [0.25, 0.3) is 0 Å². The maximum atomic E-state index is 9.79. The number of fused-ring (bicyclic) bond motifs is 1. The van der Waals surface area contributed by atoms with Crippen molar-refractivity contribution in [1.29, 1.82) is 0 Å². The Balaban J connectivity index is 1.96. The van der Waals surface area contributed by atoms with Gasteiger partial charge in [0.2, 0.25) is 0 Å². The quantitative estimate of drug-likeness (QED) is 0.620. The molecule has 0 bridgehead atoms. The number of phenols is 1. The van der Waals surface area contributed by atoms with Crippen molar-refractivity contribution in [2.24, 2.45) is 0 Å². The second kappa shape index (κ2) is 8.46. The fraction of sp³-hybridized carbons (Fsp3) is 0.545. The minimum Gasteiger partial charge on any atom is -0.508 e. The highest BCUT2D eigenvalue weighted by Gasteiger charge is 2.33. The molecule has 0 saturated heterocycles. The Hall–Kier alpha value is -1.90. The van der Waals surface area contributed by atoms with Gasteiger partial charge in [0.15, 0.2) is 11.5 Å². The van der Waals surface area contributed by atoms with Crippen LogP contribution in [0.25, 0.3) is 0 Å². The van der Waals surface area contributed by atoms with E-state index in [4.69, 9.17) is 9.47 Å². The molecule has 3 nitrogen and oxygen atoms in total. The molecular weight excluding hydrogens is 312 g/mol. The molecule has 25 heavy (non-hydrogen) atoms. The number of phenolic OH excluding ortho intramolecular Hbond substituents is 1. The van der Waals surface area contributed by atoms with Gasteiger partial charge in [0.05, 0.1) is 7.11 Å². The van der Waals surface area contributed by atoms with Crippen LogP contribution in [0.3, 0.4) is 0 Å². The third-order valence-electron chi connectivity index (χ3n) is 4.87. The molecule has 1 unspecified atom stereocenters. The van der Waals surface area contributed by atoms with Gasteiger partial charge >= 0.3 is 0 Å². The molecule has 3 heteroatoms. The number of benzene rings is 1. The van der Waals surface area contributed by atoms with Crippen LogP contribution in [-0.4, -0.2) is 17.8 Å². The first-order valence-corrected chi connectivity index (χ1v) is 9.21. The van der Waals surface area contributed by atoms with Crippen LogP contribution in [0.2, 0.25) is 0 Å². The van der Waals surface area contributed by atoms with Crippen molar-refractivity contribution < 1.29 is 14.6 Å². The summed E-state index contributed by atoms with van der Waals surface area (Å²) in [5, 5.41) is 9.79. The zero-order chi connectivity index (χ0) is 18.4. The minimum atomic E-state index is -0.187. The lowest BCUT2D eigenvalue weighted by atomic mass is 9.88. The molecule has 1 aliphatic rings. The first-order chi connectivity index (χ1) is 11.8. The average Bonchev–Trinajstić information content (AvgIpc) is 2.54. The molecule has 1 atom stereocenters. The second-order valence-corrected chi connectivity index (χ2v) is 7.60. The SMILES string of the molecule is COc1cc(O)cc2c1OC(C)(CCC=C(C)CCC=C(C)C)CC2. The van der Waals surface area contributed by atoms with E-state index in [9.17, 15) is 5.11 Å². The number of aryl methyl sites for hydroxylation is 1. The van der Waals surface area contributed by atoms with Crippen molar-refractivity contribution in [3.05, 3.63) is 41.0 Å². The van der Waals surface area contributed by atoms with Crippen LogP contribution >= 0.6 is 0 Å². The molecule has 1 aromatic carbocycles. The largest absolute Gasteiger partial charge is 0.508 e. The summed E-state index contributed by atoms with van der Waals surface area (Å²) in [4.78, 5) is 0. The number of allylic oxidation sites excluding steroid dienone is 4. The molecule has 1 aromatic rings. The average molecular weight is 344 g/mol. The van der Waals surface area contributed by atoms with E-state index in [0.29, 0.717) is 5.75 Å². The van der Waals surface area contributed by atoms with Gasteiger partial charge in [-0.15, -0.1) is 0 Å². The molecule has 0 saturated carbocycles. The van der Waals surface area contributed by atoms with E-state index in [0.717, 1.165) is 49.8 Å². The molecule has 1 aliphatic heterocycles. The highest BCUT2D eigenvalue weighted by atomic mass is 16.5. The van der Waals surface area contributed by atoms with Gasteiger partial charge < -0.3 is 14.6 Å². The summed E-state index contributed by atoms with van der Waals surface area (Å²) in [6, 6.07) is 3.41. The molecule has 0 radical (unpaired) electrons. The van der Waals surface area contributed by atoms with Crippen molar-refractivity contribution >= 4 is 0 Å². The van der Waals surface area contributed by atoms with E-state index < -0.39 is 0 Å². The number of rotatable bonds is 7. The predicted molar refractivity (Wildman–Crippen MR) is 104 cm³/mol. The summed E-state index contributed by atoms with van der Waals surface area (Å²) in [6.07, 6.45) is 10.7. The monoisotopic (exact) mass is 344 g/mol. The smallest absolute Gasteiger partial charge is 0.165 e. The summed E-state index contributed by atoms with van der Waals surface area (Å²) in [7, 11) is 1.61. The fourth-order valence-electron chi connectivity index (χ4n) is 3.28. The zero-order valence-corrected chi connectivity index (χ0v) is 16.3. The van der Waals surface area contributed by atoms with Crippen LogP contribution in [0.1, 0.15) is 65.4 Å². The van der Waals surface area contributed by atoms with Crippen molar-refractivity contribution in [2.45, 2.75) is 71.8 Å². The molecule has 2 rings (SSSR count). The maximum Gasteiger partial charge on any atom is 0.165 e. The van der Waals surface area contributed by atoms with E-state index in [1.165, 1.54) is 11.1 Å². The number of ether oxygens (including phenoxy) is 2. The summed E-state index contributed by atoms with van der Waals surface area (Å²) in [6.45, 7) is 8.68. The standard InChI is InChI=1S/C22H32O3/c1-16(2)8-6-9-17(3)10-7-12-22(4)13-11-18-14-19(23)15-20(24-5)21(18)25-22/h8,10,14-15,23H,6-7,9,11-13H2,1-5H3. The van der Waals surface area contributed by atoms with Gasteiger partial charge in [-0.05, 0) is 72.3 Å². The minimum absolute atomic E-state index is 0.187. The Labute approximate surface area is 152 Å². The first-order valence-electron chi connectivity index (χ1n) is 9.21. The maximum absolute atomic E-state index is 9.79. The molecule has 0 amide bonds. The lowest BCUT2D eigenvalue weighted by Crippen LogP contribution is -2.36. The first kappa shape index (κ1) is 19.4. The predicted octanol–water partition coefficient (Wildman–Crippen LogP) is 5.96. The highest BCUT2D eigenvalue weighted by Crippen LogP contribution is 2.43. The molecule has 0 fully saturated rings. The topological polar surface area (TPSA) is 38.7 Å². The molecule has 0 spiro atoms. The van der Waals surface area contributed by atoms with E-state index >= 15 is 0 Å². The third-order valence-corrected chi connectivity index (χ3v) is 4.87. The molecular formula is C22H32O3. The van der Waals surface area contributed by atoms with Crippen LogP contribution in [0, 0.1) is 0 Å². The van der Waals surface area contributed by atoms with Gasteiger partial charge in [0, 0.05) is 11.6 Å². The van der Waals surface area contributed by atoms with Gasteiger partial charge in [-0.1, -0.05) is 23.3 Å². The normalized spacial score (nSPS) is 19.8. The summed E-state index contributed by atoms with van der Waals surface area (Å²) in [5.74, 6) is 1.64. The highest BCUT2D eigenvalue weighted by molar-refractivity contribution is 5.52. The Morgan fingerprint density at radius 2 is 2.00 bits per heavy atom. The van der Waals surface area contributed by atoms with E-state index in [2.05, 4.69) is 39.8 Å². The van der Waals surface area contributed by atoms with E-state index in [1.807, 2.05) is 0 Å². The number of methoxy groups -OCH3 is 1. The fourth-order valence-corrected chi connectivity index (χ4v) is 3.28. The van der Waals surface area contributed by atoms with Crippen LogP contribution in [0.4, 0.5) is 0 Å². The van der Waals surface area contributed by atoms with Crippen molar-refractivity contribution in [3.8, 4) is 17.2 Å². The Kier molecular flexibility index (Phi) is 6.57. The lowest BCUT2D eigenvalue weighted by molar-refractivity contribution is 0.0535. The van der Waals surface area contributed by atoms with Crippen molar-refractivity contribution in [3.63, 3.8) is 0 Å². The van der Waals surface area contributed by atoms with Gasteiger partial charge in [0.1, 0.15) is 11.4 Å². The third kappa shape index (κ3) is 5.55. The summed E-state index contributed by atoms with van der Waals surface area (Å²) in [5.41, 5.74) is 3.67. The van der Waals surface area contributed by atoms with Gasteiger partial charge in [-0.2, -0.15) is 0 Å². The van der Waals surface area contributed by atoms with Crippen LogP contribution in [0.5, 0.6) is 17.2 Å². The molecule has 1 heterocycles. The Morgan fingerprint density at radius 1 is 1.24 bits per heavy atom. The molecule has 138 valence electrons. The molecule has 0 aromatic heterocycles. The van der Waals surface area contributed by atoms with Gasteiger partial charge in [-0.25, -0.2) is 0 Å². The number of hydrogen-bond donors (Lipinski definition) is 1. The van der Waals surface area contributed by atoms with Crippen LogP contribution in [-0.2, 0) is 6.42 Å². The van der Waals surface area contributed by atoms with E-state index in [1.54, 1.807) is 19.2 Å². The summed E-state index contributed by atoms with van der Waals surface area (Å²) < 4.78 is 11.7. The summed E-state index contributed by atoms with van der Waals surface area (Å²) >= 11 is 0. The lowest BCUT2D eigenvalue weighted by Gasteiger charge is -2.36. The Morgan fingerprint density at radius 3 is 2.68 bits per heavy atom. The van der Waals surface area contributed by atoms with E-state index in [-0.39, 0.29) is 11.4 Å².